The molecule has 0 aliphatic carbocycles. The van der Waals surface area contributed by atoms with Crippen LogP contribution in [0.25, 0.3) is 0 Å². The molecule has 0 fully saturated rings. The smallest absolute Gasteiger partial charge is 0.286 e. The Balaban J connectivity index is 3.08. The van der Waals surface area contributed by atoms with Gasteiger partial charge in [0.05, 0.1) is 12.2 Å². The number of halogens is 2. The summed E-state index contributed by atoms with van der Waals surface area (Å²) in [5.74, 6) is -1.58. The molecule has 1 rings (SSSR count). The van der Waals surface area contributed by atoms with Gasteiger partial charge in [-0.3, -0.25) is 9.59 Å². The molecule has 1 heterocycles. The number of alkyl halides is 1. The molecule has 1 N–H and O–H groups in total. The Bertz CT molecular complexity index is 468. The fourth-order valence-electron chi connectivity index (χ4n) is 1.12. The number of hydrogen-bond donors (Lipinski definition) is 1. The van der Waals surface area contributed by atoms with E-state index >= 15 is 0 Å². The lowest BCUT2D eigenvalue weighted by atomic mass is 10.3. The van der Waals surface area contributed by atoms with E-state index in [0.717, 1.165) is 16.7 Å². The summed E-state index contributed by atoms with van der Waals surface area (Å²) in [6.45, 7) is 2.17. The number of amides is 1. The van der Waals surface area contributed by atoms with Crippen LogP contribution in [-0.4, -0.2) is 17.1 Å². The first-order valence-electron chi connectivity index (χ1n) is 4.48. The van der Waals surface area contributed by atoms with Gasteiger partial charge in [0.25, 0.3) is 5.56 Å². The molecule has 86 valence electrons. The van der Waals surface area contributed by atoms with E-state index in [1.165, 1.54) is 6.20 Å². The van der Waals surface area contributed by atoms with Crippen LogP contribution < -0.4 is 10.9 Å². The molecule has 6 heteroatoms. The molecule has 0 aliphatic rings. The maximum Gasteiger partial charge on any atom is 0.286 e. The first-order chi connectivity index (χ1) is 7.58. The fraction of sp³-hybridized carbons (Fsp3) is 0.200. The standard InChI is InChI=1S/C10H10F2N2O2/c1-2-9(15)13-7-5-8(12)10(16)14(6-7)4-3-11/h2,5-6H,1,3-4H2,(H,13,15). The second-order valence-corrected chi connectivity index (χ2v) is 2.96. The molecule has 0 bridgehead atoms. The molecule has 1 aromatic rings. The summed E-state index contributed by atoms with van der Waals surface area (Å²) in [6, 6.07) is 0.873. The van der Waals surface area contributed by atoms with Gasteiger partial charge in [0.1, 0.15) is 6.67 Å². The van der Waals surface area contributed by atoms with Gasteiger partial charge < -0.3 is 9.88 Å². The van der Waals surface area contributed by atoms with Crippen molar-refractivity contribution in [1.29, 1.82) is 0 Å². The molecule has 0 saturated carbocycles. The van der Waals surface area contributed by atoms with Crippen molar-refractivity contribution in [3.63, 3.8) is 0 Å². The Hall–Kier alpha value is -1.98. The van der Waals surface area contributed by atoms with Crippen molar-refractivity contribution in [3.8, 4) is 0 Å². The largest absolute Gasteiger partial charge is 0.321 e. The molecule has 0 aromatic carbocycles. The minimum atomic E-state index is -1.05. The molecular formula is C10H10F2N2O2. The maximum absolute atomic E-state index is 13.1. The molecule has 0 unspecified atom stereocenters. The second-order valence-electron chi connectivity index (χ2n) is 2.96. The number of anilines is 1. The summed E-state index contributed by atoms with van der Waals surface area (Å²) in [6.07, 6.45) is 2.18. The van der Waals surface area contributed by atoms with Crippen LogP contribution >= 0.6 is 0 Å². The van der Waals surface area contributed by atoms with Crippen LogP contribution in [0.4, 0.5) is 14.5 Å². The van der Waals surface area contributed by atoms with Crippen LogP contribution in [0.2, 0.25) is 0 Å². The predicted molar refractivity (Wildman–Crippen MR) is 55.5 cm³/mol. The zero-order chi connectivity index (χ0) is 12.1. The van der Waals surface area contributed by atoms with E-state index in [2.05, 4.69) is 11.9 Å². The number of pyridine rings is 1. The quantitative estimate of drug-likeness (QED) is 0.784. The first-order valence-corrected chi connectivity index (χ1v) is 4.48. The Labute approximate surface area is 90.2 Å². The van der Waals surface area contributed by atoms with Crippen LogP contribution in [-0.2, 0) is 11.3 Å². The Morgan fingerprint density at radius 3 is 2.88 bits per heavy atom. The molecule has 1 amide bonds. The third-order valence-corrected chi connectivity index (χ3v) is 1.82. The average molecular weight is 228 g/mol. The fourth-order valence-corrected chi connectivity index (χ4v) is 1.12. The molecule has 4 nitrogen and oxygen atoms in total. The van der Waals surface area contributed by atoms with Crippen molar-refractivity contribution in [2.75, 3.05) is 12.0 Å². The molecule has 0 aliphatic heterocycles. The van der Waals surface area contributed by atoms with Crippen molar-refractivity contribution < 1.29 is 13.6 Å². The monoisotopic (exact) mass is 228 g/mol. The summed E-state index contributed by atoms with van der Waals surface area (Å²) < 4.78 is 26.0. The Morgan fingerprint density at radius 2 is 2.31 bits per heavy atom. The number of nitrogens with one attached hydrogen (secondary N) is 1. The first kappa shape index (κ1) is 12.1. The average Bonchev–Trinajstić information content (AvgIpc) is 2.25. The van der Waals surface area contributed by atoms with Crippen molar-refractivity contribution in [1.82, 2.24) is 4.57 Å². The predicted octanol–water partition coefficient (Wildman–Crippen LogP) is 1.08. The lowest BCUT2D eigenvalue weighted by molar-refractivity contribution is -0.111. The highest BCUT2D eigenvalue weighted by atomic mass is 19.1. The van der Waals surface area contributed by atoms with Crippen molar-refractivity contribution in [2.24, 2.45) is 0 Å². The number of aryl methyl sites for hydroxylation is 1. The van der Waals surface area contributed by atoms with Crippen LogP contribution in [0, 0.1) is 5.82 Å². The van der Waals surface area contributed by atoms with Crippen LogP contribution in [0.3, 0.4) is 0 Å². The third kappa shape index (κ3) is 2.75. The summed E-state index contributed by atoms with van der Waals surface area (Å²) in [5.41, 5.74) is -0.843. The highest BCUT2D eigenvalue weighted by molar-refractivity contribution is 5.98. The Morgan fingerprint density at radius 1 is 1.62 bits per heavy atom. The third-order valence-electron chi connectivity index (χ3n) is 1.82. The maximum atomic E-state index is 13.1. The normalized spacial score (nSPS) is 9.88. The van der Waals surface area contributed by atoms with Crippen LogP contribution in [0.1, 0.15) is 0 Å². The number of nitrogens with zero attached hydrogens (tertiary/aromatic N) is 1. The van der Waals surface area contributed by atoms with Gasteiger partial charge in [-0.1, -0.05) is 6.58 Å². The van der Waals surface area contributed by atoms with Gasteiger partial charge in [0.15, 0.2) is 5.82 Å². The topological polar surface area (TPSA) is 51.1 Å². The van der Waals surface area contributed by atoms with Crippen molar-refractivity contribution in [2.45, 2.75) is 6.54 Å². The molecule has 16 heavy (non-hydrogen) atoms. The number of aromatic nitrogens is 1. The summed E-state index contributed by atoms with van der Waals surface area (Å²) in [7, 11) is 0. The highest BCUT2D eigenvalue weighted by Crippen LogP contribution is 2.06. The van der Waals surface area contributed by atoms with Gasteiger partial charge in [-0.25, -0.2) is 8.78 Å². The summed E-state index contributed by atoms with van der Waals surface area (Å²) in [4.78, 5) is 22.1. The summed E-state index contributed by atoms with van der Waals surface area (Å²) in [5, 5.41) is 2.28. The SMILES string of the molecule is C=CC(=O)Nc1cc(F)c(=O)n(CCF)c1. The zero-order valence-electron chi connectivity index (χ0n) is 8.37. The molecule has 0 spiro atoms. The minimum absolute atomic E-state index is 0.0791. The van der Waals surface area contributed by atoms with Gasteiger partial charge in [-0.15, -0.1) is 0 Å². The molecule has 0 radical (unpaired) electrons. The van der Waals surface area contributed by atoms with Gasteiger partial charge in [0.2, 0.25) is 5.91 Å². The van der Waals surface area contributed by atoms with E-state index in [-0.39, 0.29) is 12.2 Å². The van der Waals surface area contributed by atoms with E-state index in [0.29, 0.717) is 0 Å². The summed E-state index contributed by atoms with van der Waals surface area (Å²) >= 11 is 0. The van der Waals surface area contributed by atoms with E-state index in [4.69, 9.17) is 0 Å². The van der Waals surface area contributed by atoms with Crippen LogP contribution in [0.15, 0.2) is 29.7 Å². The minimum Gasteiger partial charge on any atom is -0.321 e. The lowest BCUT2D eigenvalue weighted by Crippen LogP contribution is -2.24. The molecule has 0 atom stereocenters. The van der Waals surface area contributed by atoms with Gasteiger partial charge in [-0.05, 0) is 6.08 Å². The zero-order valence-corrected chi connectivity index (χ0v) is 8.37. The van der Waals surface area contributed by atoms with E-state index in [1.54, 1.807) is 0 Å². The van der Waals surface area contributed by atoms with E-state index in [9.17, 15) is 18.4 Å². The second kappa shape index (κ2) is 5.20. The van der Waals surface area contributed by atoms with Crippen molar-refractivity contribution in [3.05, 3.63) is 41.1 Å². The number of rotatable bonds is 4. The van der Waals surface area contributed by atoms with Gasteiger partial charge in [0, 0.05) is 12.3 Å². The number of hydrogen-bond acceptors (Lipinski definition) is 2. The number of carbonyl (C=O) groups is 1. The van der Waals surface area contributed by atoms with Crippen LogP contribution in [0.5, 0.6) is 0 Å². The van der Waals surface area contributed by atoms with Crippen molar-refractivity contribution >= 4 is 11.6 Å². The van der Waals surface area contributed by atoms with E-state index < -0.39 is 24.0 Å². The van der Waals surface area contributed by atoms with Gasteiger partial charge in [-0.2, -0.15) is 0 Å². The number of carbonyl (C=O) groups excluding carboxylic acids is 1. The Kier molecular flexibility index (Phi) is 3.93. The lowest BCUT2D eigenvalue weighted by Gasteiger charge is -2.07. The molecule has 1 aromatic heterocycles. The molecule has 0 saturated heterocycles. The van der Waals surface area contributed by atoms with E-state index in [1.807, 2.05) is 0 Å². The highest BCUT2D eigenvalue weighted by Gasteiger charge is 2.07. The molecular weight excluding hydrogens is 218 g/mol. The van der Waals surface area contributed by atoms with Gasteiger partial charge >= 0.3 is 0 Å².